The standard InChI is InChI=1S/C20H24N4OS/c1-13-17(14(2)24(22-13)16-11-7-4-8-12-16)18-19(25)23(20(26)21-18)15-9-5-3-6-10-15/h4,7-8,11-12,15,18H,3,5-6,9-10H2,1-2H3,(H,21,26)/t18-/m0/s1. The average molecular weight is 369 g/mol. The number of carbonyl (C=O) groups is 1. The molecular formula is C20H24N4OS. The second-order valence-electron chi connectivity index (χ2n) is 7.21. The molecule has 2 aromatic rings. The van der Waals surface area contributed by atoms with Crippen LogP contribution in [0.2, 0.25) is 0 Å². The minimum absolute atomic E-state index is 0.0701. The molecule has 5 nitrogen and oxygen atoms in total. The Labute approximate surface area is 159 Å². The molecule has 1 aromatic heterocycles. The lowest BCUT2D eigenvalue weighted by molar-refractivity contribution is -0.129. The van der Waals surface area contributed by atoms with Gasteiger partial charge in [-0.3, -0.25) is 9.69 Å². The number of hydrogen-bond donors (Lipinski definition) is 1. The second kappa shape index (κ2) is 6.83. The molecule has 1 saturated heterocycles. The lowest BCUT2D eigenvalue weighted by Crippen LogP contribution is -2.41. The summed E-state index contributed by atoms with van der Waals surface area (Å²) in [7, 11) is 0. The van der Waals surface area contributed by atoms with Gasteiger partial charge in [-0.15, -0.1) is 0 Å². The third kappa shape index (κ3) is 2.82. The van der Waals surface area contributed by atoms with Gasteiger partial charge in [-0.2, -0.15) is 5.10 Å². The molecule has 1 saturated carbocycles. The molecule has 0 unspecified atom stereocenters. The zero-order valence-electron chi connectivity index (χ0n) is 15.2. The van der Waals surface area contributed by atoms with Crippen LogP contribution >= 0.6 is 12.2 Å². The Hall–Kier alpha value is -2.21. The van der Waals surface area contributed by atoms with E-state index >= 15 is 0 Å². The molecule has 1 aliphatic heterocycles. The molecule has 1 amide bonds. The smallest absolute Gasteiger partial charge is 0.256 e. The van der Waals surface area contributed by atoms with Crippen molar-refractivity contribution in [1.29, 1.82) is 0 Å². The van der Waals surface area contributed by atoms with E-state index < -0.39 is 6.04 Å². The number of carbonyl (C=O) groups excluding carboxylic acids is 1. The quantitative estimate of drug-likeness (QED) is 0.842. The lowest BCUT2D eigenvalue weighted by atomic mass is 9.94. The van der Waals surface area contributed by atoms with Gasteiger partial charge in [-0.1, -0.05) is 37.5 Å². The van der Waals surface area contributed by atoms with Crippen molar-refractivity contribution in [3.8, 4) is 5.69 Å². The van der Waals surface area contributed by atoms with Crippen LogP contribution in [0, 0.1) is 13.8 Å². The van der Waals surface area contributed by atoms with Gasteiger partial charge in [0.15, 0.2) is 5.11 Å². The average Bonchev–Trinajstić information content (AvgIpc) is 3.11. The monoisotopic (exact) mass is 368 g/mol. The molecule has 1 aromatic carbocycles. The van der Waals surface area contributed by atoms with Crippen molar-refractivity contribution in [2.45, 2.75) is 58.0 Å². The van der Waals surface area contributed by atoms with Gasteiger partial charge in [0.2, 0.25) is 0 Å². The van der Waals surface area contributed by atoms with Gasteiger partial charge in [-0.25, -0.2) is 4.68 Å². The van der Waals surface area contributed by atoms with Gasteiger partial charge in [0.05, 0.1) is 11.4 Å². The first kappa shape index (κ1) is 17.2. The molecule has 2 heterocycles. The number of aromatic nitrogens is 2. The summed E-state index contributed by atoms with van der Waals surface area (Å²) in [6.45, 7) is 3.98. The third-order valence-electron chi connectivity index (χ3n) is 5.55. The van der Waals surface area contributed by atoms with Crippen molar-refractivity contribution in [3.63, 3.8) is 0 Å². The predicted molar refractivity (Wildman–Crippen MR) is 105 cm³/mol. The zero-order valence-corrected chi connectivity index (χ0v) is 16.1. The topological polar surface area (TPSA) is 50.2 Å². The van der Waals surface area contributed by atoms with Crippen LogP contribution in [0.1, 0.15) is 55.1 Å². The van der Waals surface area contributed by atoms with E-state index in [2.05, 4.69) is 10.4 Å². The summed E-state index contributed by atoms with van der Waals surface area (Å²) in [5.41, 5.74) is 3.79. The maximum atomic E-state index is 13.2. The van der Waals surface area contributed by atoms with E-state index in [0.29, 0.717) is 5.11 Å². The van der Waals surface area contributed by atoms with Gasteiger partial charge in [-0.05, 0) is 51.0 Å². The van der Waals surface area contributed by atoms with Crippen molar-refractivity contribution in [1.82, 2.24) is 20.0 Å². The van der Waals surface area contributed by atoms with E-state index in [4.69, 9.17) is 12.2 Å². The molecule has 0 spiro atoms. The summed E-state index contributed by atoms with van der Waals surface area (Å²) in [5.74, 6) is 0.0701. The van der Waals surface area contributed by atoms with Crippen LogP contribution in [0.3, 0.4) is 0 Å². The molecular weight excluding hydrogens is 344 g/mol. The Morgan fingerprint density at radius 1 is 1.12 bits per heavy atom. The van der Waals surface area contributed by atoms with Gasteiger partial charge in [0.1, 0.15) is 6.04 Å². The summed E-state index contributed by atoms with van der Waals surface area (Å²) in [4.78, 5) is 15.0. The summed E-state index contributed by atoms with van der Waals surface area (Å²) in [6.07, 6.45) is 5.69. The Kier molecular flexibility index (Phi) is 4.53. The predicted octanol–water partition coefficient (Wildman–Crippen LogP) is 3.58. The summed E-state index contributed by atoms with van der Waals surface area (Å²) in [6, 6.07) is 9.82. The molecule has 136 valence electrons. The molecule has 2 aliphatic rings. The molecule has 6 heteroatoms. The minimum Gasteiger partial charge on any atom is -0.347 e. The lowest BCUT2D eigenvalue weighted by Gasteiger charge is -2.30. The molecule has 0 bridgehead atoms. The van der Waals surface area contributed by atoms with Crippen molar-refractivity contribution in [3.05, 3.63) is 47.3 Å². The Balaban J connectivity index is 1.67. The fourth-order valence-electron chi connectivity index (χ4n) is 4.27. The summed E-state index contributed by atoms with van der Waals surface area (Å²) < 4.78 is 1.91. The van der Waals surface area contributed by atoms with E-state index in [1.165, 1.54) is 19.3 Å². The Morgan fingerprint density at radius 2 is 1.81 bits per heavy atom. The number of para-hydroxylation sites is 1. The first-order valence-electron chi connectivity index (χ1n) is 9.33. The number of thiocarbonyl (C=S) groups is 1. The van der Waals surface area contributed by atoms with Crippen LogP contribution in [0.25, 0.3) is 5.69 Å². The highest BCUT2D eigenvalue weighted by Gasteiger charge is 2.42. The first-order chi connectivity index (χ1) is 12.6. The molecule has 4 rings (SSSR count). The van der Waals surface area contributed by atoms with Crippen LogP contribution in [0.5, 0.6) is 0 Å². The van der Waals surface area contributed by atoms with Crippen molar-refractivity contribution >= 4 is 23.2 Å². The third-order valence-corrected chi connectivity index (χ3v) is 5.86. The molecule has 1 N–H and O–H groups in total. The highest BCUT2D eigenvalue weighted by Crippen LogP contribution is 2.33. The molecule has 1 atom stereocenters. The maximum absolute atomic E-state index is 13.2. The van der Waals surface area contributed by atoms with Gasteiger partial charge in [0, 0.05) is 17.3 Å². The fraction of sp³-hybridized carbons (Fsp3) is 0.450. The molecule has 26 heavy (non-hydrogen) atoms. The number of benzene rings is 1. The van der Waals surface area contributed by atoms with Crippen LogP contribution in [0.4, 0.5) is 0 Å². The highest BCUT2D eigenvalue weighted by atomic mass is 32.1. The number of nitrogens with one attached hydrogen (secondary N) is 1. The van der Waals surface area contributed by atoms with Gasteiger partial charge < -0.3 is 5.32 Å². The van der Waals surface area contributed by atoms with E-state index in [-0.39, 0.29) is 11.9 Å². The maximum Gasteiger partial charge on any atom is 0.256 e. The summed E-state index contributed by atoms with van der Waals surface area (Å²) >= 11 is 5.53. The van der Waals surface area contributed by atoms with E-state index in [0.717, 1.165) is 35.5 Å². The molecule has 2 fully saturated rings. The number of rotatable bonds is 3. The fourth-order valence-corrected chi connectivity index (χ4v) is 4.62. The molecule has 1 aliphatic carbocycles. The van der Waals surface area contributed by atoms with Crippen molar-refractivity contribution in [2.24, 2.45) is 0 Å². The van der Waals surface area contributed by atoms with Crippen LogP contribution in [-0.2, 0) is 4.79 Å². The normalized spacial score (nSPS) is 21.3. The van der Waals surface area contributed by atoms with Crippen molar-refractivity contribution < 1.29 is 4.79 Å². The number of aryl methyl sites for hydroxylation is 1. The number of hydrogen-bond acceptors (Lipinski definition) is 3. The summed E-state index contributed by atoms with van der Waals surface area (Å²) in [5, 5.41) is 8.52. The SMILES string of the molecule is Cc1nn(-c2ccccc2)c(C)c1[C@@H]1NC(=S)N(C2CCCCC2)C1=O. The molecule has 0 radical (unpaired) electrons. The van der Waals surface area contributed by atoms with E-state index in [9.17, 15) is 4.79 Å². The Bertz CT molecular complexity index is 839. The van der Waals surface area contributed by atoms with Crippen LogP contribution in [0.15, 0.2) is 30.3 Å². The minimum atomic E-state index is -0.429. The Morgan fingerprint density at radius 3 is 2.50 bits per heavy atom. The van der Waals surface area contributed by atoms with Crippen LogP contribution < -0.4 is 5.32 Å². The van der Waals surface area contributed by atoms with Crippen molar-refractivity contribution in [2.75, 3.05) is 0 Å². The largest absolute Gasteiger partial charge is 0.347 e. The first-order valence-corrected chi connectivity index (χ1v) is 9.74. The van der Waals surface area contributed by atoms with E-state index in [1.54, 1.807) is 0 Å². The number of amides is 1. The second-order valence-corrected chi connectivity index (χ2v) is 7.60. The zero-order chi connectivity index (χ0) is 18.3. The van der Waals surface area contributed by atoms with E-state index in [1.807, 2.05) is 53.8 Å². The highest BCUT2D eigenvalue weighted by molar-refractivity contribution is 7.80. The van der Waals surface area contributed by atoms with Crippen LogP contribution in [-0.4, -0.2) is 31.7 Å². The van der Waals surface area contributed by atoms with Gasteiger partial charge >= 0.3 is 0 Å². The van der Waals surface area contributed by atoms with Gasteiger partial charge in [0.25, 0.3) is 5.91 Å². The number of nitrogens with zero attached hydrogens (tertiary/aromatic N) is 3.